The predicted molar refractivity (Wildman–Crippen MR) is 123 cm³/mol. The van der Waals surface area contributed by atoms with E-state index >= 15 is 0 Å². The number of methoxy groups -OCH3 is 1. The molecule has 0 N–H and O–H groups in total. The fraction of sp³-hybridized carbons (Fsp3) is 0.333. The highest BCUT2D eigenvalue weighted by molar-refractivity contribution is 5.97. The highest BCUT2D eigenvalue weighted by Gasteiger charge is 2.20. The Morgan fingerprint density at radius 2 is 1.94 bits per heavy atom. The normalized spacial score (nSPS) is 12.4. The molecule has 0 amide bonds. The number of aryl methyl sites for hydroxylation is 2. The summed E-state index contributed by atoms with van der Waals surface area (Å²) in [5.74, 6) is -0.136. The average Bonchev–Trinajstić information content (AvgIpc) is 3.31. The second-order valence-corrected chi connectivity index (χ2v) is 8.14. The molecule has 0 spiro atoms. The van der Waals surface area contributed by atoms with Gasteiger partial charge >= 0.3 is 0 Å². The Bertz CT molecular complexity index is 1360. The minimum Gasteiger partial charge on any atom is -0.383 e. The third-order valence-corrected chi connectivity index (χ3v) is 5.85. The van der Waals surface area contributed by atoms with E-state index in [0.717, 1.165) is 22.6 Å². The van der Waals surface area contributed by atoms with Crippen LogP contribution in [0.25, 0.3) is 16.7 Å². The first-order valence-corrected chi connectivity index (χ1v) is 10.5. The number of fused-ring (bicyclic) bond motifs is 1. The largest absolute Gasteiger partial charge is 0.383 e. The maximum atomic E-state index is 13.1. The van der Waals surface area contributed by atoms with Gasteiger partial charge in [-0.15, -0.1) is 0 Å². The standard InChI is InChI=1S/C24H27N5O3/c1-15-8-6-7-9-21(15)29-23-20(11-26-29)24(31)27(14-25-23)12-22(30)19-10-16(2)28(18(19)4)17(3)13-32-5/h6-11,14,17H,12-13H2,1-5H3. The summed E-state index contributed by atoms with van der Waals surface area (Å²) in [5.41, 5.74) is 4.53. The number of benzene rings is 1. The van der Waals surface area contributed by atoms with Crippen molar-refractivity contribution in [3.05, 3.63) is 75.7 Å². The lowest BCUT2D eigenvalue weighted by atomic mass is 10.1. The molecule has 1 aromatic carbocycles. The van der Waals surface area contributed by atoms with Crippen molar-refractivity contribution in [2.45, 2.75) is 40.3 Å². The molecule has 0 radical (unpaired) electrons. The third kappa shape index (κ3) is 3.67. The van der Waals surface area contributed by atoms with Crippen molar-refractivity contribution in [1.82, 2.24) is 23.9 Å². The maximum absolute atomic E-state index is 13.1. The fourth-order valence-corrected chi connectivity index (χ4v) is 4.33. The number of hydrogen-bond donors (Lipinski definition) is 0. The molecule has 0 aliphatic rings. The lowest BCUT2D eigenvalue weighted by Gasteiger charge is -2.17. The minimum atomic E-state index is -0.287. The van der Waals surface area contributed by atoms with Gasteiger partial charge in [-0.25, -0.2) is 9.67 Å². The number of para-hydroxylation sites is 1. The highest BCUT2D eigenvalue weighted by Crippen LogP contribution is 2.22. The Labute approximate surface area is 186 Å². The smallest absolute Gasteiger partial charge is 0.264 e. The SMILES string of the molecule is COCC(C)n1c(C)cc(C(=O)Cn2cnc3c(cnn3-c3ccccc3C)c2=O)c1C. The van der Waals surface area contributed by atoms with Crippen molar-refractivity contribution >= 4 is 16.8 Å². The van der Waals surface area contributed by atoms with E-state index in [-0.39, 0.29) is 23.9 Å². The summed E-state index contributed by atoms with van der Waals surface area (Å²) in [4.78, 5) is 30.6. The highest BCUT2D eigenvalue weighted by atomic mass is 16.5. The number of aromatic nitrogens is 5. The lowest BCUT2D eigenvalue weighted by molar-refractivity contribution is 0.0969. The molecular formula is C24H27N5O3. The molecule has 0 aliphatic heterocycles. The van der Waals surface area contributed by atoms with Gasteiger partial charge in [-0.2, -0.15) is 5.10 Å². The van der Waals surface area contributed by atoms with Crippen molar-refractivity contribution in [3.8, 4) is 5.69 Å². The van der Waals surface area contributed by atoms with Crippen molar-refractivity contribution in [2.75, 3.05) is 13.7 Å². The van der Waals surface area contributed by atoms with Crippen LogP contribution in [0.5, 0.6) is 0 Å². The summed E-state index contributed by atoms with van der Waals surface area (Å²) in [7, 11) is 1.66. The van der Waals surface area contributed by atoms with Crippen molar-refractivity contribution < 1.29 is 9.53 Å². The number of rotatable bonds is 7. The number of carbonyl (C=O) groups excluding carboxylic acids is 1. The van der Waals surface area contributed by atoms with Crippen LogP contribution < -0.4 is 5.56 Å². The lowest BCUT2D eigenvalue weighted by Crippen LogP contribution is -2.25. The summed E-state index contributed by atoms with van der Waals surface area (Å²) >= 11 is 0. The van der Waals surface area contributed by atoms with E-state index in [4.69, 9.17) is 4.74 Å². The van der Waals surface area contributed by atoms with Crippen molar-refractivity contribution in [1.29, 1.82) is 0 Å². The first-order chi connectivity index (χ1) is 15.3. The van der Waals surface area contributed by atoms with Crippen molar-refractivity contribution in [2.24, 2.45) is 0 Å². The van der Waals surface area contributed by atoms with Crippen LogP contribution in [-0.4, -0.2) is 43.4 Å². The summed E-state index contributed by atoms with van der Waals surface area (Å²) in [6.45, 7) is 8.38. The van der Waals surface area contributed by atoms with Gasteiger partial charge < -0.3 is 9.30 Å². The maximum Gasteiger partial charge on any atom is 0.264 e. The fourth-order valence-electron chi connectivity index (χ4n) is 4.33. The monoisotopic (exact) mass is 433 g/mol. The van der Waals surface area contributed by atoms with E-state index in [1.807, 2.05) is 58.0 Å². The van der Waals surface area contributed by atoms with Crippen LogP contribution in [-0.2, 0) is 11.3 Å². The molecule has 32 heavy (non-hydrogen) atoms. The van der Waals surface area contributed by atoms with E-state index in [2.05, 4.69) is 14.6 Å². The molecule has 166 valence electrons. The van der Waals surface area contributed by atoms with Gasteiger partial charge in [0.15, 0.2) is 11.4 Å². The number of carbonyl (C=O) groups is 1. The number of ether oxygens (including phenoxy) is 1. The number of nitrogens with zero attached hydrogens (tertiary/aromatic N) is 5. The Morgan fingerprint density at radius 3 is 2.66 bits per heavy atom. The topological polar surface area (TPSA) is 83.9 Å². The third-order valence-electron chi connectivity index (χ3n) is 5.85. The van der Waals surface area contributed by atoms with Gasteiger partial charge in [0, 0.05) is 24.1 Å². The molecule has 4 aromatic rings. The number of ketones is 1. The van der Waals surface area contributed by atoms with E-state index in [0.29, 0.717) is 23.2 Å². The molecule has 0 saturated heterocycles. The Balaban J connectivity index is 1.67. The van der Waals surface area contributed by atoms with Crippen LogP contribution in [0.3, 0.4) is 0 Å². The molecule has 4 rings (SSSR count). The summed E-state index contributed by atoms with van der Waals surface area (Å²) in [6, 6.07) is 9.75. The first kappa shape index (κ1) is 21.7. The van der Waals surface area contributed by atoms with Crippen LogP contribution >= 0.6 is 0 Å². The summed E-state index contributed by atoms with van der Waals surface area (Å²) in [5, 5.41) is 4.75. The van der Waals surface area contributed by atoms with Crippen molar-refractivity contribution in [3.63, 3.8) is 0 Å². The average molecular weight is 434 g/mol. The zero-order chi connectivity index (χ0) is 23.0. The van der Waals surface area contributed by atoms with Gasteiger partial charge in [-0.3, -0.25) is 14.2 Å². The zero-order valence-corrected chi connectivity index (χ0v) is 19.0. The van der Waals surface area contributed by atoms with E-state index < -0.39 is 0 Å². The van der Waals surface area contributed by atoms with Gasteiger partial charge in [-0.05, 0) is 45.4 Å². The molecule has 8 nitrogen and oxygen atoms in total. The second-order valence-electron chi connectivity index (χ2n) is 8.14. The molecule has 0 saturated carbocycles. The van der Waals surface area contributed by atoms with Crippen LogP contribution in [0.4, 0.5) is 0 Å². The first-order valence-electron chi connectivity index (χ1n) is 10.5. The van der Waals surface area contributed by atoms with Gasteiger partial charge in [0.1, 0.15) is 11.7 Å². The molecule has 3 heterocycles. The van der Waals surface area contributed by atoms with Crippen LogP contribution in [0.2, 0.25) is 0 Å². The predicted octanol–water partition coefficient (Wildman–Crippen LogP) is 3.40. The molecule has 1 atom stereocenters. The minimum absolute atomic E-state index is 0.0831. The van der Waals surface area contributed by atoms with Gasteiger partial charge in [0.2, 0.25) is 0 Å². The molecular weight excluding hydrogens is 406 g/mol. The molecule has 8 heteroatoms. The summed E-state index contributed by atoms with van der Waals surface area (Å²) in [6.07, 6.45) is 2.93. The van der Waals surface area contributed by atoms with Crippen LogP contribution in [0.1, 0.15) is 40.3 Å². The number of hydrogen-bond acceptors (Lipinski definition) is 5. The quantitative estimate of drug-likeness (QED) is 0.417. The zero-order valence-electron chi connectivity index (χ0n) is 19.0. The van der Waals surface area contributed by atoms with E-state index in [1.54, 1.807) is 11.8 Å². The van der Waals surface area contributed by atoms with Crippen LogP contribution in [0, 0.1) is 20.8 Å². The molecule has 3 aromatic heterocycles. The molecule has 0 bridgehead atoms. The number of Topliss-reactive ketones (excluding diaryl/α,β-unsaturated/α-hetero) is 1. The Morgan fingerprint density at radius 1 is 1.19 bits per heavy atom. The summed E-state index contributed by atoms with van der Waals surface area (Å²) < 4.78 is 10.4. The van der Waals surface area contributed by atoms with Gasteiger partial charge in [0.05, 0.1) is 31.1 Å². The van der Waals surface area contributed by atoms with Crippen LogP contribution in [0.15, 0.2) is 47.7 Å². The Kier molecular flexibility index (Phi) is 5.80. The van der Waals surface area contributed by atoms with Gasteiger partial charge in [0.25, 0.3) is 5.56 Å². The molecule has 0 aliphatic carbocycles. The van der Waals surface area contributed by atoms with Gasteiger partial charge in [-0.1, -0.05) is 18.2 Å². The Hall–Kier alpha value is -3.52. The molecule has 1 unspecified atom stereocenters. The second kappa shape index (κ2) is 8.55. The molecule has 0 fully saturated rings. The van der Waals surface area contributed by atoms with E-state index in [1.165, 1.54) is 17.1 Å². The van der Waals surface area contributed by atoms with E-state index in [9.17, 15) is 9.59 Å².